The summed E-state index contributed by atoms with van der Waals surface area (Å²) in [6.07, 6.45) is 6.95. The van der Waals surface area contributed by atoms with E-state index in [4.69, 9.17) is 5.26 Å². The van der Waals surface area contributed by atoms with Crippen LogP contribution in [0.5, 0.6) is 0 Å². The third-order valence-electron chi connectivity index (χ3n) is 3.73. The van der Waals surface area contributed by atoms with Gasteiger partial charge in [-0.15, -0.1) is 0 Å². The summed E-state index contributed by atoms with van der Waals surface area (Å²) in [5.41, 5.74) is 1.24. The SMILES string of the molecule is CC(C)(C#N)c1ccc(NC(=O)C[C@H]2C=CCC2)cc1. The molecule has 1 N–H and O–H groups in total. The second-order valence-corrected chi connectivity index (χ2v) is 5.83. The van der Waals surface area contributed by atoms with Crippen LogP contribution >= 0.6 is 0 Å². The smallest absolute Gasteiger partial charge is 0.224 e. The zero-order valence-electron chi connectivity index (χ0n) is 12.0. The third-order valence-corrected chi connectivity index (χ3v) is 3.73. The van der Waals surface area contributed by atoms with Crippen molar-refractivity contribution in [2.24, 2.45) is 5.92 Å². The number of amides is 1. The standard InChI is InChI=1S/C17H20N2O/c1-17(2,12-18)14-7-9-15(10-8-14)19-16(20)11-13-5-3-4-6-13/h3,5,7-10,13H,4,6,11H2,1-2H3,(H,19,20)/t13-/m0/s1. The molecule has 0 saturated heterocycles. The van der Waals surface area contributed by atoms with Gasteiger partial charge < -0.3 is 5.32 Å². The van der Waals surface area contributed by atoms with Crippen molar-refractivity contribution in [1.82, 2.24) is 0 Å². The molecular weight excluding hydrogens is 248 g/mol. The van der Waals surface area contributed by atoms with Crippen LogP contribution in [-0.2, 0) is 10.2 Å². The summed E-state index contributed by atoms with van der Waals surface area (Å²) in [4.78, 5) is 11.9. The van der Waals surface area contributed by atoms with Gasteiger partial charge in [0, 0.05) is 12.1 Å². The molecule has 1 aromatic carbocycles. The number of nitrogens with one attached hydrogen (secondary N) is 1. The average molecular weight is 268 g/mol. The predicted molar refractivity (Wildman–Crippen MR) is 80.2 cm³/mol. The molecule has 20 heavy (non-hydrogen) atoms. The Bertz CT molecular complexity index is 549. The highest BCUT2D eigenvalue weighted by atomic mass is 16.1. The van der Waals surface area contributed by atoms with Gasteiger partial charge in [0.1, 0.15) is 0 Å². The number of rotatable bonds is 4. The molecule has 1 amide bonds. The van der Waals surface area contributed by atoms with Crippen molar-refractivity contribution >= 4 is 11.6 Å². The lowest BCUT2D eigenvalue weighted by molar-refractivity contribution is -0.116. The maximum atomic E-state index is 11.9. The molecule has 0 saturated carbocycles. The number of benzene rings is 1. The number of carbonyl (C=O) groups excluding carboxylic acids is 1. The summed E-state index contributed by atoms with van der Waals surface area (Å²) >= 11 is 0. The minimum Gasteiger partial charge on any atom is -0.326 e. The van der Waals surface area contributed by atoms with Crippen molar-refractivity contribution in [3.8, 4) is 6.07 Å². The summed E-state index contributed by atoms with van der Waals surface area (Å²) in [6.45, 7) is 3.76. The zero-order valence-corrected chi connectivity index (χ0v) is 12.0. The number of hydrogen-bond donors (Lipinski definition) is 1. The molecule has 1 atom stereocenters. The van der Waals surface area contributed by atoms with Crippen molar-refractivity contribution in [1.29, 1.82) is 5.26 Å². The van der Waals surface area contributed by atoms with Crippen molar-refractivity contribution in [3.05, 3.63) is 42.0 Å². The molecule has 0 aromatic heterocycles. The van der Waals surface area contributed by atoms with Gasteiger partial charge in [-0.1, -0.05) is 24.3 Å². The molecule has 3 heteroatoms. The molecule has 0 radical (unpaired) electrons. The highest BCUT2D eigenvalue weighted by molar-refractivity contribution is 5.91. The fourth-order valence-electron chi connectivity index (χ4n) is 2.35. The first-order valence-corrected chi connectivity index (χ1v) is 6.99. The number of carbonyl (C=O) groups is 1. The first-order chi connectivity index (χ1) is 9.51. The molecule has 0 heterocycles. The van der Waals surface area contributed by atoms with Crippen LogP contribution < -0.4 is 5.32 Å². The molecule has 0 bridgehead atoms. The molecule has 0 unspecified atom stereocenters. The highest BCUT2D eigenvalue weighted by Crippen LogP contribution is 2.24. The Morgan fingerprint density at radius 3 is 2.65 bits per heavy atom. The lowest BCUT2D eigenvalue weighted by Gasteiger charge is -2.16. The van der Waals surface area contributed by atoms with Crippen LogP contribution in [-0.4, -0.2) is 5.91 Å². The molecule has 3 nitrogen and oxygen atoms in total. The fourth-order valence-corrected chi connectivity index (χ4v) is 2.35. The summed E-state index contributed by atoms with van der Waals surface area (Å²) in [5, 5.41) is 12.0. The Balaban J connectivity index is 1.95. The Kier molecular flexibility index (Phi) is 4.24. The minimum absolute atomic E-state index is 0.0499. The lowest BCUT2D eigenvalue weighted by Crippen LogP contribution is -2.16. The van der Waals surface area contributed by atoms with E-state index in [1.54, 1.807) is 0 Å². The Morgan fingerprint density at radius 1 is 1.40 bits per heavy atom. The number of allylic oxidation sites excluding steroid dienone is 2. The van der Waals surface area contributed by atoms with Crippen LogP contribution in [0.3, 0.4) is 0 Å². The highest BCUT2D eigenvalue weighted by Gasteiger charge is 2.19. The van der Waals surface area contributed by atoms with Gasteiger partial charge >= 0.3 is 0 Å². The maximum absolute atomic E-state index is 11.9. The van der Waals surface area contributed by atoms with Crippen molar-refractivity contribution in [2.45, 2.75) is 38.5 Å². The van der Waals surface area contributed by atoms with E-state index in [2.05, 4.69) is 23.5 Å². The topological polar surface area (TPSA) is 52.9 Å². The van der Waals surface area contributed by atoms with E-state index in [0.29, 0.717) is 12.3 Å². The number of hydrogen-bond acceptors (Lipinski definition) is 2. The summed E-state index contributed by atoms with van der Waals surface area (Å²) in [5.74, 6) is 0.431. The van der Waals surface area contributed by atoms with Crippen molar-refractivity contribution < 1.29 is 4.79 Å². The Labute approximate surface area is 120 Å². The van der Waals surface area contributed by atoms with Gasteiger partial charge in [-0.25, -0.2) is 0 Å². The van der Waals surface area contributed by atoms with Crippen LogP contribution in [0.15, 0.2) is 36.4 Å². The van der Waals surface area contributed by atoms with Gasteiger partial charge in [-0.2, -0.15) is 5.26 Å². The van der Waals surface area contributed by atoms with E-state index >= 15 is 0 Å². The molecule has 2 rings (SSSR count). The van der Waals surface area contributed by atoms with Crippen LogP contribution in [0.25, 0.3) is 0 Å². The van der Waals surface area contributed by atoms with E-state index in [1.165, 1.54) is 0 Å². The van der Waals surface area contributed by atoms with Crippen LogP contribution in [0.4, 0.5) is 5.69 Å². The van der Waals surface area contributed by atoms with Crippen molar-refractivity contribution in [3.63, 3.8) is 0 Å². The second-order valence-electron chi connectivity index (χ2n) is 5.83. The largest absolute Gasteiger partial charge is 0.326 e. The third kappa shape index (κ3) is 3.48. The molecule has 104 valence electrons. The van der Waals surface area contributed by atoms with E-state index in [0.717, 1.165) is 24.1 Å². The van der Waals surface area contributed by atoms with Crippen LogP contribution in [0.1, 0.15) is 38.7 Å². The fraction of sp³-hybridized carbons (Fsp3) is 0.412. The summed E-state index contributed by atoms with van der Waals surface area (Å²) < 4.78 is 0. The van der Waals surface area contributed by atoms with Crippen LogP contribution in [0, 0.1) is 17.2 Å². The number of anilines is 1. The molecule has 1 aliphatic rings. The quantitative estimate of drug-likeness (QED) is 0.845. The lowest BCUT2D eigenvalue weighted by atomic mass is 9.86. The van der Waals surface area contributed by atoms with Gasteiger partial charge in [0.05, 0.1) is 11.5 Å². The first kappa shape index (κ1) is 14.3. The van der Waals surface area contributed by atoms with Gasteiger partial charge in [0.15, 0.2) is 0 Å². The monoisotopic (exact) mass is 268 g/mol. The van der Waals surface area contributed by atoms with Crippen molar-refractivity contribution in [2.75, 3.05) is 5.32 Å². The summed E-state index contributed by atoms with van der Waals surface area (Å²) in [7, 11) is 0. The Hall–Kier alpha value is -2.08. The molecule has 1 aliphatic carbocycles. The summed E-state index contributed by atoms with van der Waals surface area (Å²) in [6, 6.07) is 9.78. The second kappa shape index (κ2) is 5.92. The van der Waals surface area contributed by atoms with Gasteiger partial charge in [-0.3, -0.25) is 4.79 Å². The first-order valence-electron chi connectivity index (χ1n) is 6.99. The molecule has 0 fully saturated rings. The molecule has 1 aromatic rings. The van der Waals surface area contributed by atoms with E-state index < -0.39 is 5.41 Å². The van der Waals surface area contributed by atoms with Gasteiger partial charge in [-0.05, 0) is 50.3 Å². The minimum atomic E-state index is -0.503. The average Bonchev–Trinajstić information content (AvgIpc) is 2.92. The van der Waals surface area contributed by atoms with E-state index in [-0.39, 0.29) is 5.91 Å². The normalized spacial score (nSPS) is 17.8. The van der Waals surface area contributed by atoms with E-state index in [9.17, 15) is 4.79 Å². The van der Waals surface area contributed by atoms with E-state index in [1.807, 2.05) is 38.1 Å². The zero-order chi connectivity index (χ0) is 14.6. The molecule has 0 aliphatic heterocycles. The van der Waals surface area contributed by atoms with Crippen LogP contribution in [0.2, 0.25) is 0 Å². The molecular formula is C17H20N2O. The number of nitriles is 1. The maximum Gasteiger partial charge on any atom is 0.224 e. The number of nitrogens with zero attached hydrogens (tertiary/aromatic N) is 1. The van der Waals surface area contributed by atoms with Gasteiger partial charge in [0.25, 0.3) is 0 Å². The predicted octanol–water partition coefficient (Wildman–Crippen LogP) is 3.78. The van der Waals surface area contributed by atoms with Gasteiger partial charge in [0.2, 0.25) is 5.91 Å². The Morgan fingerprint density at radius 2 is 2.10 bits per heavy atom. The molecule has 0 spiro atoms.